The summed E-state index contributed by atoms with van der Waals surface area (Å²) in [5.41, 5.74) is 11.4. The zero-order valence-electron chi connectivity index (χ0n) is 16.9. The SMILES string of the molecule is CN(N)c1ccc(-c2cc(Nc3cnccc3S(C)(=O)=O)cc3nccnc23)cc1N. The summed E-state index contributed by atoms with van der Waals surface area (Å²) in [4.78, 5) is 13.1. The van der Waals surface area contributed by atoms with Crippen molar-refractivity contribution in [3.05, 3.63) is 61.2 Å². The van der Waals surface area contributed by atoms with E-state index in [1.807, 2.05) is 24.3 Å². The molecule has 0 bridgehead atoms. The molecule has 0 aliphatic heterocycles. The van der Waals surface area contributed by atoms with E-state index in [4.69, 9.17) is 11.6 Å². The van der Waals surface area contributed by atoms with Crippen molar-refractivity contribution in [1.82, 2.24) is 15.0 Å². The molecule has 31 heavy (non-hydrogen) atoms. The second-order valence-corrected chi connectivity index (χ2v) is 9.09. The molecule has 0 saturated carbocycles. The van der Waals surface area contributed by atoms with Crippen molar-refractivity contribution >= 4 is 43.6 Å². The predicted octanol–water partition coefficient (Wildman–Crippen LogP) is 2.73. The van der Waals surface area contributed by atoms with E-state index in [1.165, 1.54) is 23.5 Å². The van der Waals surface area contributed by atoms with Crippen molar-refractivity contribution in [1.29, 1.82) is 0 Å². The van der Waals surface area contributed by atoms with Crippen LogP contribution in [0.15, 0.2) is 66.1 Å². The Morgan fingerprint density at radius 2 is 1.81 bits per heavy atom. The lowest BCUT2D eigenvalue weighted by Crippen LogP contribution is -2.25. The second-order valence-electron chi connectivity index (χ2n) is 7.10. The van der Waals surface area contributed by atoms with Crippen LogP contribution in [-0.4, -0.2) is 36.7 Å². The van der Waals surface area contributed by atoms with Crippen LogP contribution in [0.5, 0.6) is 0 Å². The van der Waals surface area contributed by atoms with Gasteiger partial charge in [0.05, 0.1) is 39.2 Å². The zero-order valence-corrected chi connectivity index (χ0v) is 17.8. The Morgan fingerprint density at radius 1 is 1.03 bits per heavy atom. The molecule has 5 N–H and O–H groups in total. The van der Waals surface area contributed by atoms with Gasteiger partial charge in [0, 0.05) is 43.1 Å². The number of fused-ring (bicyclic) bond motifs is 1. The van der Waals surface area contributed by atoms with Gasteiger partial charge in [-0.3, -0.25) is 15.0 Å². The number of nitrogens with one attached hydrogen (secondary N) is 1. The fourth-order valence-electron chi connectivity index (χ4n) is 3.36. The normalized spacial score (nSPS) is 11.5. The van der Waals surface area contributed by atoms with Crippen molar-refractivity contribution in [2.45, 2.75) is 4.90 Å². The van der Waals surface area contributed by atoms with Gasteiger partial charge in [-0.25, -0.2) is 14.3 Å². The molecule has 4 rings (SSSR count). The molecule has 10 heteroatoms. The Bertz CT molecular complexity index is 1390. The summed E-state index contributed by atoms with van der Waals surface area (Å²) in [5.74, 6) is 5.82. The minimum Gasteiger partial charge on any atom is -0.397 e. The Balaban J connectivity index is 1.87. The van der Waals surface area contributed by atoms with Crippen LogP contribution < -0.4 is 21.9 Å². The Hall–Kier alpha value is -3.76. The molecule has 0 fully saturated rings. The first kappa shape index (κ1) is 20.5. The molecular weight excluding hydrogens is 414 g/mol. The molecule has 4 aromatic rings. The number of hydrogen-bond acceptors (Lipinski definition) is 9. The molecule has 0 atom stereocenters. The highest BCUT2D eigenvalue weighted by atomic mass is 32.2. The average Bonchev–Trinajstić information content (AvgIpc) is 2.72. The van der Waals surface area contributed by atoms with Crippen LogP contribution in [0.3, 0.4) is 0 Å². The van der Waals surface area contributed by atoms with Crippen molar-refractivity contribution in [2.24, 2.45) is 5.84 Å². The first-order valence-corrected chi connectivity index (χ1v) is 11.2. The molecule has 0 radical (unpaired) electrons. The van der Waals surface area contributed by atoms with E-state index in [9.17, 15) is 8.42 Å². The largest absolute Gasteiger partial charge is 0.397 e. The summed E-state index contributed by atoms with van der Waals surface area (Å²) < 4.78 is 24.3. The van der Waals surface area contributed by atoms with Gasteiger partial charge in [0.1, 0.15) is 0 Å². The highest BCUT2D eigenvalue weighted by Gasteiger charge is 2.15. The number of aromatic nitrogens is 3. The van der Waals surface area contributed by atoms with Gasteiger partial charge in [0.15, 0.2) is 9.84 Å². The van der Waals surface area contributed by atoms with Crippen LogP contribution in [0.2, 0.25) is 0 Å². The minimum absolute atomic E-state index is 0.155. The number of sulfone groups is 1. The van der Waals surface area contributed by atoms with Crippen LogP contribution >= 0.6 is 0 Å². The van der Waals surface area contributed by atoms with Gasteiger partial charge in [-0.15, -0.1) is 0 Å². The molecule has 0 amide bonds. The van der Waals surface area contributed by atoms with E-state index in [2.05, 4.69) is 20.3 Å². The van der Waals surface area contributed by atoms with Crippen molar-refractivity contribution < 1.29 is 8.42 Å². The lowest BCUT2D eigenvalue weighted by atomic mass is 10.0. The van der Waals surface area contributed by atoms with E-state index >= 15 is 0 Å². The van der Waals surface area contributed by atoms with Crippen LogP contribution in [0.25, 0.3) is 22.2 Å². The number of rotatable bonds is 5. The molecule has 0 saturated heterocycles. The number of pyridine rings is 1. The topological polar surface area (TPSA) is 140 Å². The van der Waals surface area contributed by atoms with E-state index in [1.54, 1.807) is 25.5 Å². The average molecular weight is 436 g/mol. The maximum Gasteiger partial charge on any atom is 0.177 e. The number of nitrogen functional groups attached to an aromatic ring is 1. The molecule has 0 aliphatic rings. The van der Waals surface area contributed by atoms with Crippen LogP contribution in [0, 0.1) is 0 Å². The predicted molar refractivity (Wildman–Crippen MR) is 123 cm³/mol. The van der Waals surface area contributed by atoms with Crippen molar-refractivity contribution in [2.75, 3.05) is 29.4 Å². The molecule has 2 aromatic carbocycles. The third-order valence-electron chi connectivity index (χ3n) is 4.75. The number of anilines is 4. The third kappa shape index (κ3) is 4.11. The number of hydrazine groups is 1. The maximum atomic E-state index is 12.2. The Labute approximate surface area is 179 Å². The van der Waals surface area contributed by atoms with Gasteiger partial charge in [-0.1, -0.05) is 6.07 Å². The van der Waals surface area contributed by atoms with Gasteiger partial charge in [0.2, 0.25) is 0 Å². The highest BCUT2D eigenvalue weighted by molar-refractivity contribution is 7.90. The number of hydrogen-bond donors (Lipinski definition) is 3. The van der Waals surface area contributed by atoms with Crippen LogP contribution in [0.4, 0.5) is 22.7 Å². The van der Waals surface area contributed by atoms with E-state index in [0.29, 0.717) is 33.8 Å². The second kappa shape index (κ2) is 7.82. The van der Waals surface area contributed by atoms with E-state index in [0.717, 1.165) is 17.4 Å². The summed E-state index contributed by atoms with van der Waals surface area (Å²) in [6, 6.07) is 10.7. The summed E-state index contributed by atoms with van der Waals surface area (Å²) in [6.45, 7) is 0. The smallest absolute Gasteiger partial charge is 0.177 e. The zero-order chi connectivity index (χ0) is 22.2. The van der Waals surface area contributed by atoms with Crippen molar-refractivity contribution in [3.8, 4) is 11.1 Å². The lowest BCUT2D eigenvalue weighted by Gasteiger charge is -2.17. The van der Waals surface area contributed by atoms with E-state index < -0.39 is 9.84 Å². The molecule has 0 aliphatic carbocycles. The molecule has 0 spiro atoms. The summed E-state index contributed by atoms with van der Waals surface area (Å²) in [7, 11) is -1.73. The first-order chi connectivity index (χ1) is 14.7. The van der Waals surface area contributed by atoms with Gasteiger partial charge in [0.25, 0.3) is 0 Å². The van der Waals surface area contributed by atoms with Gasteiger partial charge in [-0.05, 0) is 35.9 Å². The summed E-state index contributed by atoms with van der Waals surface area (Å²) in [6.07, 6.45) is 7.29. The lowest BCUT2D eigenvalue weighted by molar-refractivity contribution is 0.602. The molecule has 158 valence electrons. The van der Waals surface area contributed by atoms with Crippen molar-refractivity contribution in [3.63, 3.8) is 0 Å². The minimum atomic E-state index is -3.44. The number of nitrogens with two attached hydrogens (primary N) is 2. The van der Waals surface area contributed by atoms with Gasteiger partial charge < -0.3 is 16.1 Å². The van der Waals surface area contributed by atoms with E-state index in [-0.39, 0.29) is 4.90 Å². The fraction of sp³-hybridized carbons (Fsp3) is 0.0952. The molecule has 0 unspecified atom stereocenters. The third-order valence-corrected chi connectivity index (χ3v) is 5.91. The van der Waals surface area contributed by atoms with Crippen LogP contribution in [0.1, 0.15) is 0 Å². The number of benzene rings is 2. The first-order valence-electron chi connectivity index (χ1n) is 9.28. The molecular formula is C21H21N7O2S. The van der Waals surface area contributed by atoms with Crippen LogP contribution in [-0.2, 0) is 9.84 Å². The highest BCUT2D eigenvalue weighted by Crippen LogP contribution is 2.35. The Morgan fingerprint density at radius 3 is 2.52 bits per heavy atom. The maximum absolute atomic E-state index is 12.2. The molecule has 2 aromatic heterocycles. The monoisotopic (exact) mass is 435 g/mol. The Kier molecular flexibility index (Phi) is 5.17. The standard InChI is InChI=1S/C21H21N7O2S/c1-28(23)19-4-3-13(9-16(19)22)15-10-14(11-17-21(15)26-8-7-25-17)27-18-12-24-6-5-20(18)31(2,29)30/h3-12,27H,22-23H2,1-2H3. The molecule has 2 heterocycles. The summed E-state index contributed by atoms with van der Waals surface area (Å²) >= 11 is 0. The summed E-state index contributed by atoms with van der Waals surface area (Å²) in [5, 5.41) is 4.61. The van der Waals surface area contributed by atoms with Gasteiger partial charge >= 0.3 is 0 Å². The number of nitrogens with zero attached hydrogens (tertiary/aromatic N) is 4. The van der Waals surface area contributed by atoms with Gasteiger partial charge in [-0.2, -0.15) is 0 Å². The fourth-order valence-corrected chi connectivity index (χ4v) is 4.18. The quantitative estimate of drug-likeness (QED) is 0.245. The molecule has 9 nitrogen and oxygen atoms in total.